The standard InChI is InChI=1S/C13H11NO6/c1-2-3-8-17-12(15)18-10-6-4-9(5-7-10)11-14-20-13(16)19-11/h2,4-7H,1,3,8H2. The van der Waals surface area contributed by atoms with E-state index in [2.05, 4.69) is 20.7 Å². The first-order chi connectivity index (χ1) is 9.69. The van der Waals surface area contributed by atoms with E-state index in [-0.39, 0.29) is 12.5 Å². The van der Waals surface area contributed by atoms with Gasteiger partial charge in [0.05, 0.1) is 6.61 Å². The minimum absolute atomic E-state index is 0.0510. The molecule has 1 aromatic carbocycles. The number of ether oxygens (including phenoxy) is 2. The van der Waals surface area contributed by atoms with Crippen LogP contribution in [0.4, 0.5) is 4.79 Å². The third-order valence-electron chi connectivity index (χ3n) is 2.23. The molecule has 1 aromatic heterocycles. The molecule has 1 heterocycles. The van der Waals surface area contributed by atoms with Crippen molar-refractivity contribution in [3.63, 3.8) is 0 Å². The van der Waals surface area contributed by atoms with Gasteiger partial charge in [0.2, 0.25) is 0 Å². The van der Waals surface area contributed by atoms with Crippen LogP contribution in [0.1, 0.15) is 6.42 Å². The highest BCUT2D eigenvalue weighted by Gasteiger charge is 2.09. The summed E-state index contributed by atoms with van der Waals surface area (Å²) in [4.78, 5) is 22.0. The van der Waals surface area contributed by atoms with E-state index in [1.165, 1.54) is 12.1 Å². The summed E-state index contributed by atoms with van der Waals surface area (Å²) >= 11 is 0. The number of carbonyl (C=O) groups excluding carboxylic acids is 1. The summed E-state index contributed by atoms with van der Waals surface area (Å²) < 4.78 is 18.7. The number of aromatic nitrogens is 1. The molecule has 0 radical (unpaired) electrons. The van der Waals surface area contributed by atoms with Crippen molar-refractivity contribution in [3.8, 4) is 17.2 Å². The third kappa shape index (κ3) is 3.58. The van der Waals surface area contributed by atoms with Gasteiger partial charge in [0.1, 0.15) is 5.75 Å². The summed E-state index contributed by atoms with van der Waals surface area (Å²) in [5.41, 5.74) is 0.517. The topological polar surface area (TPSA) is 91.8 Å². The van der Waals surface area contributed by atoms with Crippen LogP contribution < -0.4 is 10.6 Å². The molecule has 20 heavy (non-hydrogen) atoms. The predicted octanol–water partition coefficient (Wildman–Crippen LogP) is 2.39. The molecular formula is C13H11NO6. The van der Waals surface area contributed by atoms with Crippen molar-refractivity contribution in [1.29, 1.82) is 0 Å². The van der Waals surface area contributed by atoms with Crippen LogP contribution >= 0.6 is 0 Å². The summed E-state index contributed by atoms with van der Waals surface area (Å²) in [6, 6.07) is 6.15. The SMILES string of the molecule is C=CCCOC(=O)Oc1ccc(-c2noc(=O)o2)cc1. The van der Waals surface area contributed by atoms with Gasteiger partial charge in [-0.3, -0.25) is 4.52 Å². The van der Waals surface area contributed by atoms with Gasteiger partial charge in [-0.05, 0) is 35.8 Å². The van der Waals surface area contributed by atoms with Crippen LogP contribution in [0.15, 0.2) is 50.7 Å². The summed E-state index contributed by atoms with van der Waals surface area (Å²) in [6.07, 6.45) is 1.39. The zero-order valence-corrected chi connectivity index (χ0v) is 10.4. The van der Waals surface area contributed by atoms with Gasteiger partial charge in [0.25, 0.3) is 5.89 Å². The van der Waals surface area contributed by atoms with E-state index in [9.17, 15) is 9.59 Å². The molecule has 104 valence electrons. The highest BCUT2D eigenvalue weighted by atomic mass is 16.7. The third-order valence-corrected chi connectivity index (χ3v) is 2.23. The van der Waals surface area contributed by atoms with Gasteiger partial charge < -0.3 is 13.9 Å². The van der Waals surface area contributed by atoms with Crippen LogP contribution in [0, 0.1) is 0 Å². The molecule has 0 unspecified atom stereocenters. The van der Waals surface area contributed by atoms with Crippen molar-refractivity contribution in [2.45, 2.75) is 6.42 Å². The molecule has 0 amide bonds. The van der Waals surface area contributed by atoms with Crippen LogP contribution in [0.5, 0.6) is 5.75 Å². The van der Waals surface area contributed by atoms with Gasteiger partial charge in [-0.1, -0.05) is 6.08 Å². The molecule has 0 saturated carbocycles. The largest absolute Gasteiger partial charge is 0.542 e. The van der Waals surface area contributed by atoms with Crippen molar-refractivity contribution in [1.82, 2.24) is 5.16 Å². The van der Waals surface area contributed by atoms with Crippen molar-refractivity contribution in [2.24, 2.45) is 0 Å². The van der Waals surface area contributed by atoms with Crippen LogP contribution in [-0.4, -0.2) is 17.9 Å². The summed E-state index contributed by atoms with van der Waals surface area (Å²) in [6.45, 7) is 3.72. The van der Waals surface area contributed by atoms with Crippen molar-refractivity contribution >= 4 is 6.16 Å². The Kier molecular flexibility index (Phi) is 4.33. The Labute approximate surface area is 113 Å². The number of rotatable bonds is 5. The van der Waals surface area contributed by atoms with Gasteiger partial charge in [0, 0.05) is 5.56 Å². The Morgan fingerprint density at radius 1 is 1.35 bits per heavy atom. The lowest BCUT2D eigenvalue weighted by Crippen LogP contribution is -2.10. The normalized spacial score (nSPS) is 10.0. The number of benzene rings is 1. The van der Waals surface area contributed by atoms with Crippen LogP contribution in [0.3, 0.4) is 0 Å². The fraction of sp³-hybridized carbons (Fsp3) is 0.154. The predicted molar refractivity (Wildman–Crippen MR) is 67.3 cm³/mol. The fourth-order valence-electron chi connectivity index (χ4n) is 1.32. The molecule has 0 bridgehead atoms. The molecule has 0 saturated heterocycles. The second-order valence-electron chi connectivity index (χ2n) is 3.64. The van der Waals surface area contributed by atoms with E-state index in [1.807, 2.05) is 0 Å². The van der Waals surface area contributed by atoms with E-state index < -0.39 is 12.0 Å². The molecule has 7 nitrogen and oxygen atoms in total. The maximum absolute atomic E-state index is 11.3. The van der Waals surface area contributed by atoms with E-state index in [1.54, 1.807) is 18.2 Å². The second-order valence-corrected chi connectivity index (χ2v) is 3.64. The van der Waals surface area contributed by atoms with Crippen molar-refractivity contribution in [2.75, 3.05) is 6.61 Å². The van der Waals surface area contributed by atoms with Gasteiger partial charge in [-0.25, -0.2) is 9.59 Å². The van der Waals surface area contributed by atoms with E-state index in [0.29, 0.717) is 17.7 Å². The quantitative estimate of drug-likeness (QED) is 0.358. The minimum Gasteiger partial charge on any atom is -0.434 e. The Hall–Kier alpha value is -2.83. The molecule has 7 heteroatoms. The molecule has 0 aliphatic rings. The molecule has 0 N–H and O–H groups in total. The van der Waals surface area contributed by atoms with E-state index in [0.717, 1.165) is 0 Å². The molecule has 0 spiro atoms. The van der Waals surface area contributed by atoms with Crippen molar-refractivity contribution in [3.05, 3.63) is 47.5 Å². The van der Waals surface area contributed by atoms with E-state index in [4.69, 9.17) is 9.47 Å². The highest BCUT2D eigenvalue weighted by Crippen LogP contribution is 2.20. The summed E-state index contributed by atoms with van der Waals surface area (Å²) in [7, 11) is 0. The molecule has 0 aliphatic carbocycles. The molecule has 2 rings (SSSR count). The number of hydrogen-bond donors (Lipinski definition) is 0. The highest BCUT2D eigenvalue weighted by molar-refractivity contribution is 5.64. The first kappa shape index (κ1) is 13.6. The Morgan fingerprint density at radius 2 is 2.10 bits per heavy atom. The number of nitrogens with zero attached hydrogens (tertiary/aromatic N) is 1. The molecule has 2 aromatic rings. The zero-order valence-electron chi connectivity index (χ0n) is 10.4. The van der Waals surface area contributed by atoms with E-state index >= 15 is 0 Å². The molecule has 0 fully saturated rings. The maximum Gasteiger partial charge on any atom is 0.542 e. The molecule has 0 atom stereocenters. The number of carbonyl (C=O) groups is 1. The zero-order chi connectivity index (χ0) is 14.4. The Bertz CT molecular complexity index is 639. The average Bonchev–Trinajstić information content (AvgIpc) is 2.86. The lowest BCUT2D eigenvalue weighted by atomic mass is 10.2. The average molecular weight is 277 g/mol. The summed E-state index contributed by atoms with van der Waals surface area (Å²) in [5, 5.41) is 3.43. The first-order valence-electron chi connectivity index (χ1n) is 5.72. The smallest absolute Gasteiger partial charge is 0.434 e. The fourth-order valence-corrected chi connectivity index (χ4v) is 1.32. The molecule has 0 aliphatic heterocycles. The second kappa shape index (κ2) is 6.37. The monoisotopic (exact) mass is 277 g/mol. The first-order valence-corrected chi connectivity index (χ1v) is 5.72. The Balaban J connectivity index is 1.96. The maximum atomic E-state index is 11.3. The van der Waals surface area contributed by atoms with Gasteiger partial charge in [-0.2, -0.15) is 0 Å². The Morgan fingerprint density at radius 3 is 2.70 bits per heavy atom. The van der Waals surface area contributed by atoms with Crippen LogP contribution in [0.25, 0.3) is 11.5 Å². The summed E-state index contributed by atoms with van der Waals surface area (Å²) in [5.74, 6) is -0.538. The van der Waals surface area contributed by atoms with Crippen molar-refractivity contribution < 1.29 is 23.2 Å². The van der Waals surface area contributed by atoms with Crippen LogP contribution in [-0.2, 0) is 4.74 Å². The molecular weight excluding hydrogens is 266 g/mol. The van der Waals surface area contributed by atoms with Gasteiger partial charge >= 0.3 is 12.0 Å². The number of hydrogen-bond acceptors (Lipinski definition) is 7. The minimum atomic E-state index is -0.883. The van der Waals surface area contributed by atoms with Gasteiger partial charge in [0.15, 0.2) is 0 Å². The lowest BCUT2D eigenvalue weighted by molar-refractivity contribution is 0.101. The lowest BCUT2D eigenvalue weighted by Gasteiger charge is -2.04. The van der Waals surface area contributed by atoms with Gasteiger partial charge in [-0.15, -0.1) is 6.58 Å². The van der Waals surface area contributed by atoms with Crippen LogP contribution in [0.2, 0.25) is 0 Å².